The summed E-state index contributed by atoms with van der Waals surface area (Å²) in [5.74, 6) is -1.28. The number of carbonyl (C=O) groups excluding carboxylic acids is 3. The number of aryl methyl sites for hydroxylation is 1. The summed E-state index contributed by atoms with van der Waals surface area (Å²) in [7, 11) is 1.71. The van der Waals surface area contributed by atoms with Gasteiger partial charge in [-0.15, -0.1) is 0 Å². The van der Waals surface area contributed by atoms with Crippen molar-refractivity contribution in [2.45, 2.75) is 26.3 Å². The second-order valence-corrected chi connectivity index (χ2v) is 4.89. The highest BCUT2D eigenvalue weighted by molar-refractivity contribution is 6.08. The number of carbonyl (C=O) groups is 3. The van der Waals surface area contributed by atoms with Crippen molar-refractivity contribution in [1.29, 1.82) is 0 Å². The quantitative estimate of drug-likeness (QED) is 0.782. The molecule has 0 saturated carbocycles. The lowest BCUT2D eigenvalue weighted by atomic mass is 10.1. The van der Waals surface area contributed by atoms with Crippen molar-refractivity contribution in [3.05, 3.63) is 23.5 Å². The molecule has 2 rings (SSSR count). The highest BCUT2D eigenvalue weighted by Gasteiger charge is 2.36. The van der Waals surface area contributed by atoms with Crippen LogP contribution in [0.25, 0.3) is 0 Å². The van der Waals surface area contributed by atoms with E-state index in [2.05, 4.69) is 15.6 Å². The van der Waals surface area contributed by atoms with E-state index in [0.717, 1.165) is 5.69 Å². The van der Waals surface area contributed by atoms with E-state index in [1.54, 1.807) is 20.0 Å². The second kappa shape index (κ2) is 5.90. The number of pyridine rings is 1. The number of imide groups is 1. The van der Waals surface area contributed by atoms with Crippen LogP contribution in [0.3, 0.4) is 0 Å². The van der Waals surface area contributed by atoms with Gasteiger partial charge >= 0.3 is 0 Å². The number of piperazine rings is 1. The molecule has 112 valence electrons. The molecule has 1 saturated heterocycles. The molecular weight excluding hydrogens is 272 g/mol. The number of anilines is 1. The van der Waals surface area contributed by atoms with Gasteiger partial charge < -0.3 is 10.2 Å². The Kier molecular flexibility index (Phi) is 4.21. The standard InChI is InChI=1S/C14H18N4O3/c1-4-11-13(20)17-12(19)7-18(11)14(21)9-6-16-8(2)5-10(9)15-3/h5-6,11H,4,7H2,1-3H3,(H,15,16)(H,17,19,20). The van der Waals surface area contributed by atoms with E-state index >= 15 is 0 Å². The molecule has 1 aromatic rings. The lowest BCUT2D eigenvalue weighted by molar-refractivity contribution is -0.138. The molecular formula is C14H18N4O3. The number of amides is 3. The first-order valence-corrected chi connectivity index (χ1v) is 6.77. The van der Waals surface area contributed by atoms with Gasteiger partial charge in [0.2, 0.25) is 11.8 Å². The molecule has 0 aromatic carbocycles. The summed E-state index contributed by atoms with van der Waals surface area (Å²) in [6.07, 6.45) is 1.91. The van der Waals surface area contributed by atoms with Crippen LogP contribution in [0.5, 0.6) is 0 Å². The molecule has 1 fully saturated rings. The average Bonchev–Trinajstić information content (AvgIpc) is 2.45. The predicted molar refractivity (Wildman–Crippen MR) is 76.8 cm³/mol. The fourth-order valence-corrected chi connectivity index (χ4v) is 2.38. The normalized spacial score (nSPS) is 18.4. The number of rotatable bonds is 3. The van der Waals surface area contributed by atoms with E-state index in [9.17, 15) is 14.4 Å². The largest absolute Gasteiger partial charge is 0.387 e. The zero-order valence-electron chi connectivity index (χ0n) is 12.3. The summed E-state index contributed by atoms with van der Waals surface area (Å²) < 4.78 is 0. The number of aromatic nitrogens is 1. The summed E-state index contributed by atoms with van der Waals surface area (Å²) >= 11 is 0. The monoisotopic (exact) mass is 290 g/mol. The smallest absolute Gasteiger partial charge is 0.258 e. The SMILES string of the molecule is CCC1C(=O)NC(=O)CN1C(=O)c1cnc(C)cc1NC. The Bertz CT molecular complexity index is 600. The summed E-state index contributed by atoms with van der Waals surface area (Å²) in [6.45, 7) is 3.49. The zero-order chi connectivity index (χ0) is 15.6. The minimum Gasteiger partial charge on any atom is -0.387 e. The van der Waals surface area contributed by atoms with Crippen LogP contribution in [0.1, 0.15) is 29.4 Å². The van der Waals surface area contributed by atoms with Crippen molar-refractivity contribution in [3.8, 4) is 0 Å². The molecule has 0 radical (unpaired) electrons. The maximum absolute atomic E-state index is 12.7. The third-order valence-electron chi connectivity index (χ3n) is 3.44. The van der Waals surface area contributed by atoms with Gasteiger partial charge in [-0.1, -0.05) is 6.92 Å². The Labute approximate surface area is 122 Å². The molecule has 21 heavy (non-hydrogen) atoms. The first-order valence-electron chi connectivity index (χ1n) is 6.77. The number of nitrogens with one attached hydrogen (secondary N) is 2. The first-order chi connectivity index (χ1) is 9.97. The van der Waals surface area contributed by atoms with Crippen molar-refractivity contribution >= 4 is 23.4 Å². The van der Waals surface area contributed by atoms with Gasteiger partial charge in [0.1, 0.15) is 12.6 Å². The van der Waals surface area contributed by atoms with E-state index in [-0.39, 0.29) is 12.5 Å². The summed E-state index contributed by atoms with van der Waals surface area (Å²) in [6, 6.07) is 1.11. The van der Waals surface area contributed by atoms with Crippen LogP contribution in [0.15, 0.2) is 12.3 Å². The third kappa shape index (κ3) is 2.86. The fourth-order valence-electron chi connectivity index (χ4n) is 2.38. The van der Waals surface area contributed by atoms with Crippen molar-refractivity contribution in [1.82, 2.24) is 15.2 Å². The van der Waals surface area contributed by atoms with Crippen LogP contribution in [-0.2, 0) is 9.59 Å². The first kappa shape index (κ1) is 15.0. The minimum absolute atomic E-state index is 0.125. The Balaban J connectivity index is 2.37. The van der Waals surface area contributed by atoms with E-state index in [4.69, 9.17) is 0 Å². The molecule has 0 spiro atoms. The lowest BCUT2D eigenvalue weighted by Gasteiger charge is -2.33. The van der Waals surface area contributed by atoms with Crippen molar-refractivity contribution in [2.24, 2.45) is 0 Å². The van der Waals surface area contributed by atoms with Crippen LogP contribution in [0.2, 0.25) is 0 Å². The van der Waals surface area contributed by atoms with E-state index in [1.807, 2.05) is 6.92 Å². The Morgan fingerprint density at radius 2 is 2.24 bits per heavy atom. The molecule has 1 unspecified atom stereocenters. The predicted octanol–water partition coefficient (Wildman–Crippen LogP) is 0.309. The van der Waals surface area contributed by atoms with Crippen LogP contribution < -0.4 is 10.6 Å². The Morgan fingerprint density at radius 3 is 2.86 bits per heavy atom. The topological polar surface area (TPSA) is 91.4 Å². The third-order valence-corrected chi connectivity index (χ3v) is 3.44. The van der Waals surface area contributed by atoms with Crippen LogP contribution >= 0.6 is 0 Å². The van der Waals surface area contributed by atoms with Crippen LogP contribution in [0, 0.1) is 6.92 Å². The van der Waals surface area contributed by atoms with Crippen LogP contribution in [0.4, 0.5) is 5.69 Å². The Morgan fingerprint density at radius 1 is 1.52 bits per heavy atom. The van der Waals surface area contributed by atoms with Gasteiger partial charge in [0, 0.05) is 18.9 Å². The average molecular weight is 290 g/mol. The van der Waals surface area contributed by atoms with Crippen LogP contribution in [-0.4, -0.2) is 47.2 Å². The van der Waals surface area contributed by atoms with Crippen molar-refractivity contribution < 1.29 is 14.4 Å². The number of hydrogen-bond donors (Lipinski definition) is 2. The molecule has 1 aliphatic rings. The highest BCUT2D eigenvalue weighted by atomic mass is 16.2. The summed E-state index contributed by atoms with van der Waals surface area (Å²) in [5.41, 5.74) is 1.75. The van der Waals surface area contributed by atoms with Gasteiger partial charge in [-0.05, 0) is 19.4 Å². The molecule has 2 heterocycles. The molecule has 1 atom stereocenters. The van der Waals surface area contributed by atoms with E-state index in [1.165, 1.54) is 11.1 Å². The fraction of sp³-hybridized carbons (Fsp3) is 0.429. The lowest BCUT2D eigenvalue weighted by Crippen LogP contribution is -2.59. The maximum Gasteiger partial charge on any atom is 0.258 e. The zero-order valence-corrected chi connectivity index (χ0v) is 12.3. The molecule has 2 N–H and O–H groups in total. The molecule has 1 aliphatic heterocycles. The summed E-state index contributed by atoms with van der Waals surface area (Å²) in [5, 5.41) is 5.19. The van der Waals surface area contributed by atoms with Gasteiger partial charge in [0.15, 0.2) is 0 Å². The van der Waals surface area contributed by atoms with Gasteiger partial charge in [0.05, 0.1) is 11.3 Å². The van der Waals surface area contributed by atoms with Gasteiger partial charge in [-0.3, -0.25) is 24.7 Å². The van der Waals surface area contributed by atoms with Gasteiger partial charge in [-0.25, -0.2) is 0 Å². The summed E-state index contributed by atoms with van der Waals surface area (Å²) in [4.78, 5) is 41.5. The molecule has 7 heteroatoms. The number of nitrogens with zero attached hydrogens (tertiary/aromatic N) is 2. The molecule has 3 amide bonds. The van der Waals surface area contributed by atoms with Crippen molar-refractivity contribution in [3.63, 3.8) is 0 Å². The second-order valence-electron chi connectivity index (χ2n) is 4.89. The van der Waals surface area contributed by atoms with E-state index in [0.29, 0.717) is 17.7 Å². The minimum atomic E-state index is -0.638. The van der Waals surface area contributed by atoms with Crippen molar-refractivity contribution in [2.75, 3.05) is 18.9 Å². The Hall–Kier alpha value is -2.44. The molecule has 0 aliphatic carbocycles. The number of hydrogen-bond acceptors (Lipinski definition) is 5. The highest BCUT2D eigenvalue weighted by Crippen LogP contribution is 2.20. The van der Waals surface area contributed by atoms with Gasteiger partial charge in [-0.2, -0.15) is 0 Å². The molecule has 7 nitrogen and oxygen atoms in total. The molecule has 1 aromatic heterocycles. The maximum atomic E-state index is 12.7. The van der Waals surface area contributed by atoms with Gasteiger partial charge in [0.25, 0.3) is 5.91 Å². The molecule has 0 bridgehead atoms. The van der Waals surface area contributed by atoms with E-state index < -0.39 is 17.9 Å².